The third kappa shape index (κ3) is 6.96. The average molecular weight is 346 g/mol. The molecule has 0 bridgehead atoms. The van der Waals surface area contributed by atoms with Gasteiger partial charge in [-0.2, -0.15) is 5.26 Å². The molecule has 2 aliphatic rings. The van der Waals surface area contributed by atoms with Crippen LogP contribution in [0.1, 0.15) is 123 Å². The lowest BCUT2D eigenvalue weighted by Gasteiger charge is -2.36. The number of hydrogen-bond donors (Lipinski definition) is 0. The van der Waals surface area contributed by atoms with E-state index < -0.39 is 0 Å². The summed E-state index contributed by atoms with van der Waals surface area (Å²) in [5, 5.41) is 9.56. The molecule has 0 N–H and O–H groups in total. The van der Waals surface area contributed by atoms with Gasteiger partial charge in [0.1, 0.15) is 0 Å². The Balaban J connectivity index is 1.57. The highest BCUT2D eigenvalue weighted by atomic mass is 14.4. The average Bonchev–Trinajstić information content (AvgIpc) is 2.66. The summed E-state index contributed by atoms with van der Waals surface area (Å²) in [6.07, 6.45) is 23.5. The first-order valence-electron chi connectivity index (χ1n) is 11.6. The molecule has 1 heteroatoms. The molecule has 2 aliphatic carbocycles. The fourth-order valence-corrected chi connectivity index (χ4v) is 5.56. The van der Waals surface area contributed by atoms with Gasteiger partial charge < -0.3 is 0 Å². The van der Waals surface area contributed by atoms with Crippen LogP contribution in [-0.4, -0.2) is 0 Å². The van der Waals surface area contributed by atoms with Crippen LogP contribution in [0.15, 0.2) is 0 Å². The van der Waals surface area contributed by atoms with Crippen LogP contribution in [0.3, 0.4) is 0 Å². The Bertz CT molecular complexity index is 377. The summed E-state index contributed by atoms with van der Waals surface area (Å²) in [6.45, 7) is 4.53. The smallest absolute Gasteiger partial charge is 0.0689 e. The van der Waals surface area contributed by atoms with Crippen molar-refractivity contribution in [3.05, 3.63) is 0 Å². The number of nitriles is 1. The van der Waals surface area contributed by atoms with Crippen molar-refractivity contribution in [2.24, 2.45) is 23.2 Å². The van der Waals surface area contributed by atoms with Crippen molar-refractivity contribution in [2.45, 2.75) is 123 Å². The first kappa shape index (κ1) is 20.8. The summed E-state index contributed by atoms with van der Waals surface area (Å²) in [5.41, 5.74) is 0.0427. The van der Waals surface area contributed by atoms with Crippen LogP contribution < -0.4 is 0 Å². The second-order valence-corrected chi connectivity index (χ2v) is 9.40. The normalized spacial score (nSPS) is 33.1. The zero-order chi connectivity index (χ0) is 18.0. The summed E-state index contributed by atoms with van der Waals surface area (Å²) in [7, 11) is 0. The fraction of sp³-hybridized carbons (Fsp3) is 0.958. The van der Waals surface area contributed by atoms with Gasteiger partial charge in [0.25, 0.3) is 0 Å². The Morgan fingerprint density at radius 2 is 1.28 bits per heavy atom. The van der Waals surface area contributed by atoms with Gasteiger partial charge in [0, 0.05) is 0 Å². The minimum absolute atomic E-state index is 0.0427. The van der Waals surface area contributed by atoms with Gasteiger partial charge in [-0.15, -0.1) is 0 Å². The van der Waals surface area contributed by atoms with Gasteiger partial charge in [0.15, 0.2) is 0 Å². The molecule has 0 aromatic rings. The number of nitrogens with zero attached hydrogens (tertiary/aromatic N) is 1. The lowest BCUT2D eigenvalue weighted by molar-refractivity contribution is 0.173. The van der Waals surface area contributed by atoms with Crippen molar-refractivity contribution in [3.63, 3.8) is 0 Å². The first-order chi connectivity index (χ1) is 12.2. The Hall–Kier alpha value is -0.510. The molecule has 0 unspecified atom stereocenters. The molecule has 2 rings (SSSR count). The number of hydrogen-bond acceptors (Lipinski definition) is 1. The highest BCUT2D eigenvalue weighted by molar-refractivity contribution is 5.01. The molecule has 0 atom stereocenters. The number of rotatable bonds is 10. The van der Waals surface area contributed by atoms with Crippen molar-refractivity contribution in [1.82, 2.24) is 0 Å². The van der Waals surface area contributed by atoms with E-state index >= 15 is 0 Å². The van der Waals surface area contributed by atoms with E-state index in [1.165, 1.54) is 103 Å². The third-order valence-electron chi connectivity index (χ3n) is 7.44. The van der Waals surface area contributed by atoms with E-state index in [9.17, 15) is 5.26 Å². The van der Waals surface area contributed by atoms with Crippen LogP contribution in [0.4, 0.5) is 0 Å². The van der Waals surface area contributed by atoms with Crippen LogP contribution >= 0.6 is 0 Å². The van der Waals surface area contributed by atoms with Crippen LogP contribution in [0.2, 0.25) is 0 Å². The maximum atomic E-state index is 9.56. The Morgan fingerprint density at radius 1 is 0.720 bits per heavy atom. The molecule has 1 nitrogen and oxygen atoms in total. The number of unbranched alkanes of at least 4 members (excludes halogenated alkanes) is 3. The quantitative estimate of drug-likeness (QED) is 0.367. The highest BCUT2D eigenvalue weighted by Crippen LogP contribution is 2.44. The topological polar surface area (TPSA) is 23.8 Å². The zero-order valence-electron chi connectivity index (χ0n) is 17.2. The van der Waals surface area contributed by atoms with Gasteiger partial charge in [-0.25, -0.2) is 0 Å². The molecule has 0 radical (unpaired) electrons. The molecule has 2 saturated carbocycles. The van der Waals surface area contributed by atoms with Crippen LogP contribution in [0.5, 0.6) is 0 Å². The second-order valence-electron chi connectivity index (χ2n) is 9.40. The van der Waals surface area contributed by atoms with Crippen LogP contribution in [0, 0.1) is 34.5 Å². The third-order valence-corrected chi connectivity index (χ3v) is 7.44. The van der Waals surface area contributed by atoms with Crippen molar-refractivity contribution in [1.29, 1.82) is 5.26 Å². The van der Waals surface area contributed by atoms with Crippen LogP contribution in [0.25, 0.3) is 0 Å². The van der Waals surface area contributed by atoms with E-state index in [2.05, 4.69) is 19.9 Å². The van der Waals surface area contributed by atoms with Gasteiger partial charge in [0.2, 0.25) is 0 Å². The SMILES string of the molecule is CCCCCCC1CCC(CCC2CCC(C#N)(CCC)CC2)CC1. The summed E-state index contributed by atoms with van der Waals surface area (Å²) < 4.78 is 0. The molecule has 25 heavy (non-hydrogen) atoms. The minimum atomic E-state index is 0.0427. The van der Waals surface area contributed by atoms with Crippen molar-refractivity contribution < 1.29 is 0 Å². The molecule has 0 amide bonds. The lowest BCUT2D eigenvalue weighted by atomic mass is 9.67. The Labute approximate surface area is 158 Å². The fourth-order valence-electron chi connectivity index (χ4n) is 5.56. The molecule has 0 spiro atoms. The zero-order valence-corrected chi connectivity index (χ0v) is 17.2. The highest BCUT2D eigenvalue weighted by Gasteiger charge is 2.34. The van der Waals surface area contributed by atoms with Crippen molar-refractivity contribution in [3.8, 4) is 6.07 Å². The molecule has 0 heterocycles. The summed E-state index contributed by atoms with van der Waals surface area (Å²) in [5.74, 6) is 2.99. The van der Waals surface area contributed by atoms with Crippen LogP contribution in [-0.2, 0) is 0 Å². The minimum Gasteiger partial charge on any atom is -0.198 e. The van der Waals surface area contributed by atoms with Gasteiger partial charge in [-0.3, -0.25) is 0 Å². The second kappa shape index (κ2) is 11.3. The molecular weight excluding hydrogens is 302 g/mol. The first-order valence-corrected chi connectivity index (χ1v) is 11.6. The molecular formula is C24H43N. The van der Waals surface area contributed by atoms with E-state index in [1.54, 1.807) is 0 Å². The predicted molar refractivity (Wildman–Crippen MR) is 108 cm³/mol. The van der Waals surface area contributed by atoms with Gasteiger partial charge in [-0.1, -0.05) is 90.9 Å². The molecule has 0 aromatic carbocycles. The predicted octanol–water partition coefficient (Wildman–Crippen LogP) is 8.04. The van der Waals surface area contributed by atoms with E-state index in [0.29, 0.717) is 0 Å². The van der Waals surface area contributed by atoms with E-state index in [0.717, 1.165) is 24.2 Å². The van der Waals surface area contributed by atoms with Crippen molar-refractivity contribution in [2.75, 3.05) is 0 Å². The maximum absolute atomic E-state index is 9.56. The van der Waals surface area contributed by atoms with E-state index in [-0.39, 0.29) is 5.41 Å². The molecule has 144 valence electrons. The van der Waals surface area contributed by atoms with E-state index in [4.69, 9.17) is 0 Å². The Morgan fingerprint density at radius 3 is 1.80 bits per heavy atom. The Kier molecular flexibility index (Phi) is 9.36. The van der Waals surface area contributed by atoms with Gasteiger partial charge in [0.05, 0.1) is 11.5 Å². The summed E-state index contributed by atoms with van der Waals surface area (Å²) >= 11 is 0. The maximum Gasteiger partial charge on any atom is 0.0689 e. The van der Waals surface area contributed by atoms with Crippen molar-refractivity contribution >= 4 is 0 Å². The van der Waals surface area contributed by atoms with Gasteiger partial charge in [-0.05, 0) is 49.9 Å². The standard InChI is InChI=1S/C24H43N/c1-3-5-6-7-8-21-9-11-22(12-10-21)13-14-23-15-18-24(20-25,17-4-2)19-16-23/h21-23H,3-19H2,1-2H3. The summed E-state index contributed by atoms with van der Waals surface area (Å²) in [4.78, 5) is 0. The molecule has 0 aromatic heterocycles. The molecule has 0 saturated heterocycles. The largest absolute Gasteiger partial charge is 0.198 e. The monoisotopic (exact) mass is 345 g/mol. The summed E-state index contributed by atoms with van der Waals surface area (Å²) in [6, 6.07) is 2.67. The molecule has 0 aliphatic heterocycles. The van der Waals surface area contributed by atoms with E-state index in [1.807, 2.05) is 0 Å². The lowest BCUT2D eigenvalue weighted by Crippen LogP contribution is -2.26. The van der Waals surface area contributed by atoms with Gasteiger partial charge >= 0.3 is 0 Å². The molecule has 2 fully saturated rings.